The molecule has 1 aromatic heterocycles. The van der Waals surface area contributed by atoms with Crippen LogP contribution in [-0.4, -0.2) is 51.7 Å². The fourth-order valence-corrected chi connectivity index (χ4v) is 4.32. The van der Waals surface area contributed by atoms with Gasteiger partial charge in [-0.05, 0) is 31.7 Å². The topological polar surface area (TPSA) is 93.5 Å². The van der Waals surface area contributed by atoms with Crippen molar-refractivity contribution in [3.05, 3.63) is 52.8 Å². The second kappa shape index (κ2) is 9.32. The number of ether oxygens (including phenoxy) is 1. The number of nitrogens with one attached hydrogen (secondary N) is 1. The minimum absolute atomic E-state index is 0.0884. The van der Waals surface area contributed by atoms with E-state index in [9.17, 15) is 14.4 Å². The Kier molecular flexibility index (Phi) is 6.34. The average molecular weight is 425 g/mol. The maximum Gasteiger partial charge on any atom is 0.359 e. The van der Waals surface area contributed by atoms with Crippen molar-refractivity contribution < 1.29 is 19.1 Å². The molecule has 31 heavy (non-hydrogen) atoms. The highest BCUT2D eigenvalue weighted by Crippen LogP contribution is 2.25. The lowest BCUT2D eigenvalue weighted by molar-refractivity contribution is -0.135. The Morgan fingerprint density at radius 3 is 2.74 bits per heavy atom. The van der Waals surface area contributed by atoms with Crippen molar-refractivity contribution >= 4 is 17.8 Å². The summed E-state index contributed by atoms with van der Waals surface area (Å²) < 4.78 is 7.12. The summed E-state index contributed by atoms with van der Waals surface area (Å²) in [6.07, 6.45) is 3.35. The molecule has 2 amide bonds. The zero-order chi connectivity index (χ0) is 21.8. The fraction of sp³-hybridized carbons (Fsp3) is 0.478. The van der Waals surface area contributed by atoms with Gasteiger partial charge in [0.05, 0.1) is 6.61 Å². The van der Waals surface area contributed by atoms with Gasteiger partial charge in [-0.3, -0.25) is 14.3 Å². The number of benzene rings is 1. The third-order valence-corrected chi connectivity index (χ3v) is 5.89. The molecule has 4 rings (SSSR count). The van der Waals surface area contributed by atoms with Gasteiger partial charge >= 0.3 is 5.97 Å². The molecule has 1 N–H and O–H groups in total. The molecule has 2 aromatic rings. The van der Waals surface area contributed by atoms with Crippen molar-refractivity contribution in [3.63, 3.8) is 0 Å². The van der Waals surface area contributed by atoms with Crippen LogP contribution in [0.4, 0.5) is 0 Å². The largest absolute Gasteiger partial charge is 0.461 e. The Labute approximate surface area is 181 Å². The summed E-state index contributed by atoms with van der Waals surface area (Å²) in [7, 11) is 0. The number of carbonyl (C=O) groups excluding carboxylic acids is 3. The third kappa shape index (κ3) is 4.62. The molecule has 0 unspecified atom stereocenters. The van der Waals surface area contributed by atoms with E-state index in [1.165, 1.54) is 5.56 Å². The first-order valence-electron chi connectivity index (χ1n) is 10.9. The van der Waals surface area contributed by atoms with Crippen molar-refractivity contribution in [1.29, 1.82) is 0 Å². The second-order valence-electron chi connectivity index (χ2n) is 7.98. The van der Waals surface area contributed by atoms with Crippen LogP contribution in [0.3, 0.4) is 0 Å². The van der Waals surface area contributed by atoms with E-state index in [4.69, 9.17) is 4.74 Å². The van der Waals surface area contributed by atoms with Crippen molar-refractivity contribution in [1.82, 2.24) is 20.0 Å². The van der Waals surface area contributed by atoms with E-state index in [-0.39, 0.29) is 18.4 Å². The van der Waals surface area contributed by atoms with Crippen LogP contribution in [0.5, 0.6) is 0 Å². The summed E-state index contributed by atoms with van der Waals surface area (Å²) in [4.78, 5) is 38.6. The van der Waals surface area contributed by atoms with Crippen LogP contribution in [0.25, 0.3) is 0 Å². The molecular formula is C23H28N4O4. The number of esters is 1. The Balaban J connectivity index is 1.50. The first-order chi connectivity index (χ1) is 15.1. The van der Waals surface area contributed by atoms with E-state index in [0.717, 1.165) is 24.1 Å². The summed E-state index contributed by atoms with van der Waals surface area (Å²) in [5, 5.41) is 7.32. The predicted octanol–water partition coefficient (Wildman–Crippen LogP) is 1.86. The first kappa shape index (κ1) is 21.1. The van der Waals surface area contributed by atoms with Gasteiger partial charge in [0, 0.05) is 43.7 Å². The molecule has 0 radical (unpaired) electrons. The van der Waals surface area contributed by atoms with Gasteiger partial charge in [-0.1, -0.05) is 30.3 Å². The summed E-state index contributed by atoms with van der Waals surface area (Å²) in [6.45, 7) is 3.59. The van der Waals surface area contributed by atoms with Gasteiger partial charge in [0.25, 0.3) is 0 Å². The maximum absolute atomic E-state index is 12.9. The van der Waals surface area contributed by atoms with Gasteiger partial charge < -0.3 is 15.0 Å². The normalized spacial score (nSPS) is 17.9. The Hall–Kier alpha value is -3.16. The zero-order valence-corrected chi connectivity index (χ0v) is 17.8. The molecule has 2 aliphatic rings. The number of amides is 2. The molecule has 8 heteroatoms. The predicted molar refractivity (Wildman–Crippen MR) is 113 cm³/mol. The molecular weight excluding hydrogens is 396 g/mol. The molecule has 2 aliphatic heterocycles. The van der Waals surface area contributed by atoms with Crippen molar-refractivity contribution in [3.8, 4) is 0 Å². The standard InChI is InChI=1S/C23H28N4O4/c1-2-31-23(30)21-17-15-26(22(29)18-10-11-20(28)24-18)14-12-19(17)27(25-21)13-6-9-16-7-4-3-5-8-16/h3-5,7-8,18H,2,6,9-15H2,1H3,(H,24,28)/t18-/m0/s1. The Morgan fingerprint density at radius 1 is 1.23 bits per heavy atom. The van der Waals surface area contributed by atoms with E-state index in [2.05, 4.69) is 22.5 Å². The SMILES string of the molecule is CCOC(=O)c1nn(CCCc2ccccc2)c2c1CN(C(=O)[C@@H]1CCC(=O)N1)CC2. The molecule has 0 bridgehead atoms. The van der Waals surface area contributed by atoms with Crippen LogP contribution in [-0.2, 0) is 40.3 Å². The quantitative estimate of drug-likeness (QED) is 0.685. The Bertz CT molecular complexity index is 969. The first-order valence-corrected chi connectivity index (χ1v) is 10.9. The van der Waals surface area contributed by atoms with Crippen LogP contribution in [0, 0.1) is 0 Å². The van der Waals surface area contributed by atoms with E-state index in [1.54, 1.807) is 11.8 Å². The molecule has 0 aliphatic carbocycles. The van der Waals surface area contributed by atoms with Gasteiger partial charge in [-0.15, -0.1) is 0 Å². The van der Waals surface area contributed by atoms with Gasteiger partial charge in [-0.25, -0.2) is 4.79 Å². The lowest BCUT2D eigenvalue weighted by Crippen LogP contribution is -2.46. The zero-order valence-electron chi connectivity index (χ0n) is 17.8. The number of hydrogen-bond acceptors (Lipinski definition) is 5. The summed E-state index contributed by atoms with van der Waals surface area (Å²) in [5.74, 6) is -0.637. The number of hydrogen-bond donors (Lipinski definition) is 1. The molecule has 1 aromatic carbocycles. The van der Waals surface area contributed by atoms with E-state index in [0.29, 0.717) is 44.6 Å². The molecule has 1 saturated heterocycles. The van der Waals surface area contributed by atoms with Crippen LogP contribution in [0.2, 0.25) is 0 Å². The van der Waals surface area contributed by atoms with Crippen molar-refractivity contribution in [2.45, 2.75) is 58.2 Å². The number of rotatable bonds is 7. The highest BCUT2D eigenvalue weighted by molar-refractivity contribution is 5.92. The smallest absolute Gasteiger partial charge is 0.359 e. The average Bonchev–Trinajstić information content (AvgIpc) is 3.38. The highest BCUT2D eigenvalue weighted by Gasteiger charge is 2.35. The molecule has 1 fully saturated rings. The lowest BCUT2D eigenvalue weighted by Gasteiger charge is -2.29. The molecule has 1 atom stereocenters. The Morgan fingerprint density at radius 2 is 2.03 bits per heavy atom. The van der Waals surface area contributed by atoms with E-state index in [1.807, 2.05) is 22.9 Å². The lowest BCUT2D eigenvalue weighted by atomic mass is 10.0. The second-order valence-corrected chi connectivity index (χ2v) is 7.98. The summed E-state index contributed by atoms with van der Waals surface area (Å²) >= 11 is 0. The number of carbonyl (C=O) groups is 3. The van der Waals surface area contributed by atoms with Gasteiger partial charge in [-0.2, -0.15) is 5.10 Å². The fourth-order valence-electron chi connectivity index (χ4n) is 4.32. The highest BCUT2D eigenvalue weighted by atomic mass is 16.5. The maximum atomic E-state index is 12.9. The summed E-state index contributed by atoms with van der Waals surface area (Å²) in [6, 6.07) is 9.80. The van der Waals surface area contributed by atoms with Crippen molar-refractivity contribution in [2.24, 2.45) is 0 Å². The van der Waals surface area contributed by atoms with Crippen LogP contribution >= 0.6 is 0 Å². The molecule has 0 saturated carbocycles. The minimum atomic E-state index is -0.471. The molecule has 0 spiro atoms. The minimum Gasteiger partial charge on any atom is -0.461 e. The molecule has 164 valence electrons. The van der Waals surface area contributed by atoms with Gasteiger partial charge in [0.15, 0.2) is 5.69 Å². The molecule has 8 nitrogen and oxygen atoms in total. The monoisotopic (exact) mass is 424 g/mol. The third-order valence-electron chi connectivity index (χ3n) is 5.89. The molecule has 3 heterocycles. The number of aryl methyl sites for hydroxylation is 2. The number of fused-ring (bicyclic) bond motifs is 1. The number of nitrogens with zero attached hydrogens (tertiary/aromatic N) is 3. The van der Waals surface area contributed by atoms with E-state index < -0.39 is 12.0 Å². The van der Waals surface area contributed by atoms with Gasteiger partial charge in [0.1, 0.15) is 6.04 Å². The van der Waals surface area contributed by atoms with Crippen LogP contribution < -0.4 is 5.32 Å². The van der Waals surface area contributed by atoms with Crippen molar-refractivity contribution in [2.75, 3.05) is 13.2 Å². The van der Waals surface area contributed by atoms with E-state index >= 15 is 0 Å². The van der Waals surface area contributed by atoms with Crippen LogP contribution in [0.15, 0.2) is 30.3 Å². The van der Waals surface area contributed by atoms with Gasteiger partial charge in [0.2, 0.25) is 11.8 Å². The van der Waals surface area contributed by atoms with Crippen LogP contribution in [0.1, 0.15) is 53.5 Å². The number of aromatic nitrogens is 2. The summed E-state index contributed by atoms with van der Waals surface area (Å²) in [5.41, 5.74) is 3.33.